The van der Waals surface area contributed by atoms with Crippen LogP contribution in [0.3, 0.4) is 0 Å². The number of aromatic nitrogens is 2. The lowest BCUT2D eigenvalue weighted by atomic mass is 10.1. The highest BCUT2D eigenvalue weighted by molar-refractivity contribution is 6.30. The van der Waals surface area contributed by atoms with Crippen molar-refractivity contribution in [3.8, 4) is 0 Å². The predicted molar refractivity (Wildman–Crippen MR) is 109 cm³/mol. The van der Waals surface area contributed by atoms with Gasteiger partial charge >= 0.3 is 0 Å². The molecule has 1 aromatic heterocycles. The molecule has 0 spiro atoms. The fourth-order valence-corrected chi connectivity index (χ4v) is 3.02. The van der Waals surface area contributed by atoms with Gasteiger partial charge in [-0.3, -0.25) is 4.79 Å². The minimum absolute atomic E-state index is 0.270. The smallest absolute Gasteiger partial charge is 0.271 e. The van der Waals surface area contributed by atoms with Gasteiger partial charge in [0.15, 0.2) is 0 Å². The van der Waals surface area contributed by atoms with Crippen LogP contribution in [0.15, 0.2) is 48.8 Å². The number of nitrogens with zero attached hydrogens (tertiary/aromatic N) is 2. The van der Waals surface area contributed by atoms with E-state index in [9.17, 15) is 4.79 Å². The largest absolute Gasteiger partial charge is 0.347 e. The first kappa shape index (κ1) is 18.9. The Kier molecular flexibility index (Phi) is 5.72. The van der Waals surface area contributed by atoms with Crippen molar-refractivity contribution in [1.29, 1.82) is 0 Å². The SMILES string of the molecule is Cc1cc(C)c(Nc2cnc(C(=O)NCc3ccc(Cl)cc3)cn2)c(C)c1. The van der Waals surface area contributed by atoms with Crippen LogP contribution in [0.25, 0.3) is 0 Å². The monoisotopic (exact) mass is 380 g/mol. The van der Waals surface area contributed by atoms with E-state index in [1.165, 1.54) is 11.8 Å². The Hall–Kier alpha value is -2.92. The van der Waals surface area contributed by atoms with E-state index in [2.05, 4.69) is 39.7 Å². The van der Waals surface area contributed by atoms with Crippen molar-refractivity contribution >= 4 is 29.0 Å². The van der Waals surface area contributed by atoms with Gasteiger partial charge in [0.05, 0.1) is 12.4 Å². The average Bonchev–Trinajstić information content (AvgIpc) is 2.64. The number of hydrogen-bond donors (Lipinski definition) is 2. The second kappa shape index (κ2) is 8.18. The fourth-order valence-electron chi connectivity index (χ4n) is 2.89. The summed E-state index contributed by atoms with van der Waals surface area (Å²) in [5, 5.41) is 6.77. The third-order valence-corrected chi connectivity index (χ3v) is 4.43. The van der Waals surface area contributed by atoms with Crippen molar-refractivity contribution in [2.24, 2.45) is 0 Å². The summed E-state index contributed by atoms with van der Waals surface area (Å²) in [6, 6.07) is 11.5. The molecule has 27 heavy (non-hydrogen) atoms. The molecule has 0 unspecified atom stereocenters. The maximum atomic E-state index is 12.2. The number of benzene rings is 2. The van der Waals surface area contributed by atoms with Gasteiger partial charge in [0, 0.05) is 17.3 Å². The summed E-state index contributed by atoms with van der Waals surface area (Å²) < 4.78 is 0. The summed E-state index contributed by atoms with van der Waals surface area (Å²) in [6.07, 6.45) is 3.04. The van der Waals surface area contributed by atoms with Crippen LogP contribution >= 0.6 is 11.6 Å². The number of nitrogens with one attached hydrogen (secondary N) is 2. The zero-order valence-corrected chi connectivity index (χ0v) is 16.3. The molecule has 5 nitrogen and oxygen atoms in total. The van der Waals surface area contributed by atoms with Gasteiger partial charge in [0.1, 0.15) is 11.5 Å². The van der Waals surface area contributed by atoms with E-state index < -0.39 is 0 Å². The standard InChI is InChI=1S/C21H21ClN4O/c1-13-8-14(2)20(15(3)9-13)26-19-12-23-18(11-24-19)21(27)25-10-16-4-6-17(22)7-5-16/h4-9,11-12H,10H2,1-3H3,(H,24,26)(H,25,27). The van der Waals surface area contributed by atoms with Crippen LogP contribution in [0.2, 0.25) is 5.02 Å². The summed E-state index contributed by atoms with van der Waals surface area (Å²) in [5.41, 5.74) is 5.73. The van der Waals surface area contributed by atoms with E-state index in [4.69, 9.17) is 11.6 Å². The first-order valence-corrected chi connectivity index (χ1v) is 9.00. The van der Waals surface area contributed by atoms with Gasteiger partial charge in [-0.15, -0.1) is 0 Å². The van der Waals surface area contributed by atoms with Crippen molar-refractivity contribution in [1.82, 2.24) is 15.3 Å². The molecule has 2 aromatic carbocycles. The zero-order chi connectivity index (χ0) is 19.4. The van der Waals surface area contributed by atoms with Crippen LogP contribution in [0.4, 0.5) is 11.5 Å². The summed E-state index contributed by atoms with van der Waals surface area (Å²) >= 11 is 5.86. The van der Waals surface area contributed by atoms with Crippen LogP contribution in [0, 0.1) is 20.8 Å². The molecule has 0 radical (unpaired) electrons. The Bertz CT molecular complexity index is 930. The number of halogens is 1. The van der Waals surface area contributed by atoms with Crippen LogP contribution < -0.4 is 10.6 Å². The lowest BCUT2D eigenvalue weighted by Gasteiger charge is -2.13. The Morgan fingerprint density at radius 1 is 1.00 bits per heavy atom. The molecule has 0 atom stereocenters. The summed E-state index contributed by atoms with van der Waals surface area (Å²) in [4.78, 5) is 20.8. The number of aryl methyl sites for hydroxylation is 3. The third-order valence-electron chi connectivity index (χ3n) is 4.18. The van der Waals surface area contributed by atoms with E-state index in [-0.39, 0.29) is 11.6 Å². The lowest BCUT2D eigenvalue weighted by Crippen LogP contribution is -2.24. The predicted octanol–water partition coefficient (Wildman–Crippen LogP) is 4.73. The molecule has 1 heterocycles. The highest BCUT2D eigenvalue weighted by Crippen LogP contribution is 2.24. The van der Waals surface area contributed by atoms with E-state index in [1.54, 1.807) is 18.3 Å². The number of rotatable bonds is 5. The second-order valence-electron chi connectivity index (χ2n) is 6.49. The number of anilines is 2. The fraction of sp³-hybridized carbons (Fsp3) is 0.190. The highest BCUT2D eigenvalue weighted by Gasteiger charge is 2.09. The molecular formula is C21H21ClN4O. The maximum absolute atomic E-state index is 12.2. The number of hydrogen-bond acceptors (Lipinski definition) is 4. The van der Waals surface area contributed by atoms with Crippen molar-refractivity contribution in [2.45, 2.75) is 27.3 Å². The molecule has 0 saturated heterocycles. The molecule has 1 amide bonds. The number of carbonyl (C=O) groups is 1. The minimum Gasteiger partial charge on any atom is -0.347 e. The summed E-state index contributed by atoms with van der Waals surface area (Å²) in [7, 11) is 0. The normalized spacial score (nSPS) is 10.5. The van der Waals surface area contributed by atoms with Gasteiger partial charge in [0.2, 0.25) is 0 Å². The quantitative estimate of drug-likeness (QED) is 0.671. The first-order chi connectivity index (χ1) is 12.9. The molecule has 138 valence electrons. The van der Waals surface area contributed by atoms with Gasteiger partial charge in [-0.2, -0.15) is 0 Å². The molecular weight excluding hydrogens is 360 g/mol. The van der Waals surface area contributed by atoms with E-state index >= 15 is 0 Å². The molecule has 2 N–H and O–H groups in total. The Morgan fingerprint density at radius 2 is 1.67 bits per heavy atom. The first-order valence-electron chi connectivity index (χ1n) is 8.62. The van der Waals surface area contributed by atoms with Crippen molar-refractivity contribution in [3.05, 3.63) is 81.8 Å². The molecule has 0 fully saturated rings. The molecule has 0 aliphatic rings. The van der Waals surface area contributed by atoms with Crippen LogP contribution in [-0.2, 0) is 6.54 Å². The topological polar surface area (TPSA) is 66.9 Å². The van der Waals surface area contributed by atoms with Crippen LogP contribution in [0.1, 0.15) is 32.7 Å². The van der Waals surface area contributed by atoms with Crippen LogP contribution in [-0.4, -0.2) is 15.9 Å². The molecule has 0 saturated carbocycles. The summed E-state index contributed by atoms with van der Waals surface area (Å²) in [5.74, 6) is 0.325. The van der Waals surface area contributed by atoms with Gasteiger partial charge in [-0.1, -0.05) is 41.4 Å². The van der Waals surface area contributed by atoms with Gasteiger partial charge in [0.25, 0.3) is 5.91 Å². The zero-order valence-electron chi connectivity index (χ0n) is 15.5. The molecule has 3 aromatic rings. The van der Waals surface area contributed by atoms with Crippen molar-refractivity contribution in [3.63, 3.8) is 0 Å². The average molecular weight is 381 g/mol. The maximum Gasteiger partial charge on any atom is 0.271 e. The Morgan fingerprint density at radius 3 is 2.26 bits per heavy atom. The van der Waals surface area contributed by atoms with E-state index in [0.29, 0.717) is 17.4 Å². The lowest BCUT2D eigenvalue weighted by molar-refractivity contribution is 0.0945. The molecule has 6 heteroatoms. The van der Waals surface area contributed by atoms with Gasteiger partial charge < -0.3 is 10.6 Å². The molecule has 0 bridgehead atoms. The van der Waals surface area contributed by atoms with Gasteiger partial charge in [-0.05, 0) is 49.6 Å². The minimum atomic E-state index is -0.272. The number of amides is 1. The molecule has 0 aliphatic carbocycles. The number of carbonyl (C=O) groups excluding carboxylic acids is 1. The molecule has 0 aliphatic heterocycles. The molecule has 3 rings (SSSR count). The summed E-state index contributed by atoms with van der Waals surface area (Å²) in [6.45, 7) is 6.57. The van der Waals surface area contributed by atoms with Crippen LogP contribution in [0.5, 0.6) is 0 Å². The van der Waals surface area contributed by atoms with Crippen molar-refractivity contribution < 1.29 is 4.79 Å². The Balaban J connectivity index is 1.64. The Labute approximate surface area is 163 Å². The second-order valence-corrected chi connectivity index (χ2v) is 6.93. The highest BCUT2D eigenvalue weighted by atomic mass is 35.5. The third kappa shape index (κ3) is 4.83. The van der Waals surface area contributed by atoms with Gasteiger partial charge in [-0.25, -0.2) is 9.97 Å². The van der Waals surface area contributed by atoms with E-state index in [0.717, 1.165) is 22.4 Å². The van der Waals surface area contributed by atoms with E-state index in [1.807, 2.05) is 26.0 Å². The van der Waals surface area contributed by atoms with Crippen molar-refractivity contribution in [2.75, 3.05) is 5.32 Å².